The fourth-order valence-electron chi connectivity index (χ4n) is 2.48. The zero-order valence-corrected chi connectivity index (χ0v) is 15.1. The molecule has 0 aliphatic rings. The van der Waals surface area contributed by atoms with Gasteiger partial charge >= 0.3 is 12.0 Å². The maximum Gasteiger partial charge on any atom is 0.321 e. The predicted molar refractivity (Wildman–Crippen MR) is 98.6 cm³/mol. The lowest BCUT2D eigenvalue weighted by molar-refractivity contribution is -0.148. The standard InChI is InChI=1S/C19H25N3O4/c1-13(2)10-21-19(25)22-17(23)12-26-18(24)9-5-6-14-11-20-16-8-4-3-7-15(14)16/h3-4,7-8,11,13,20H,5-6,9-10,12H2,1-2H3,(H2,21,22,23,25). The molecule has 3 amide bonds. The molecule has 0 fully saturated rings. The van der Waals surface area contributed by atoms with Crippen molar-refractivity contribution in [1.82, 2.24) is 15.6 Å². The van der Waals surface area contributed by atoms with Crippen LogP contribution in [0.3, 0.4) is 0 Å². The molecule has 2 rings (SSSR count). The number of para-hydroxylation sites is 1. The van der Waals surface area contributed by atoms with Gasteiger partial charge in [-0.25, -0.2) is 4.79 Å². The van der Waals surface area contributed by atoms with Crippen molar-refractivity contribution in [2.24, 2.45) is 5.92 Å². The smallest absolute Gasteiger partial charge is 0.321 e. The fourth-order valence-corrected chi connectivity index (χ4v) is 2.48. The number of hydrogen-bond donors (Lipinski definition) is 3. The minimum Gasteiger partial charge on any atom is -0.456 e. The molecule has 0 atom stereocenters. The number of amides is 3. The number of hydrogen-bond acceptors (Lipinski definition) is 4. The first-order valence-electron chi connectivity index (χ1n) is 8.74. The Bertz CT molecular complexity index is 767. The summed E-state index contributed by atoms with van der Waals surface area (Å²) >= 11 is 0. The maximum atomic E-state index is 11.7. The summed E-state index contributed by atoms with van der Waals surface area (Å²) in [6, 6.07) is 7.40. The number of aromatic nitrogens is 1. The Kier molecular flexibility index (Phi) is 7.20. The summed E-state index contributed by atoms with van der Waals surface area (Å²) in [6.45, 7) is 3.90. The number of esters is 1. The van der Waals surface area contributed by atoms with Gasteiger partial charge in [0.05, 0.1) is 0 Å². The first kappa shape index (κ1) is 19.5. The molecule has 3 N–H and O–H groups in total. The van der Waals surface area contributed by atoms with Crippen LogP contribution >= 0.6 is 0 Å². The van der Waals surface area contributed by atoms with Crippen LogP contribution in [0.5, 0.6) is 0 Å². The summed E-state index contributed by atoms with van der Waals surface area (Å²) in [7, 11) is 0. The number of carbonyl (C=O) groups is 3. The van der Waals surface area contributed by atoms with Crippen molar-refractivity contribution in [3.05, 3.63) is 36.0 Å². The number of urea groups is 1. The van der Waals surface area contributed by atoms with Gasteiger partial charge in [-0.3, -0.25) is 14.9 Å². The Balaban J connectivity index is 1.64. The third-order valence-corrected chi connectivity index (χ3v) is 3.79. The van der Waals surface area contributed by atoms with Gasteiger partial charge in [0, 0.05) is 30.1 Å². The van der Waals surface area contributed by atoms with Gasteiger partial charge in [-0.1, -0.05) is 32.0 Å². The highest BCUT2D eigenvalue weighted by Crippen LogP contribution is 2.19. The van der Waals surface area contributed by atoms with E-state index in [1.165, 1.54) is 0 Å². The van der Waals surface area contributed by atoms with Crippen LogP contribution in [0.2, 0.25) is 0 Å². The van der Waals surface area contributed by atoms with E-state index in [1.54, 1.807) is 0 Å². The van der Waals surface area contributed by atoms with Gasteiger partial charge in [0.15, 0.2) is 6.61 Å². The highest BCUT2D eigenvalue weighted by molar-refractivity contribution is 5.95. The molecule has 1 heterocycles. The number of imide groups is 1. The topological polar surface area (TPSA) is 100 Å². The van der Waals surface area contributed by atoms with Gasteiger partial charge in [0.2, 0.25) is 0 Å². The molecule has 0 unspecified atom stereocenters. The van der Waals surface area contributed by atoms with E-state index in [-0.39, 0.29) is 12.3 Å². The highest BCUT2D eigenvalue weighted by atomic mass is 16.5. The SMILES string of the molecule is CC(C)CNC(=O)NC(=O)COC(=O)CCCc1c[nH]c2ccccc12. The van der Waals surface area contributed by atoms with E-state index in [1.807, 2.05) is 44.3 Å². The van der Waals surface area contributed by atoms with E-state index in [0.717, 1.165) is 22.9 Å². The van der Waals surface area contributed by atoms with Gasteiger partial charge in [-0.2, -0.15) is 0 Å². The van der Waals surface area contributed by atoms with Crippen molar-refractivity contribution in [1.29, 1.82) is 0 Å². The summed E-state index contributed by atoms with van der Waals surface area (Å²) in [6.07, 6.45) is 3.52. The zero-order valence-electron chi connectivity index (χ0n) is 15.1. The number of fused-ring (bicyclic) bond motifs is 1. The number of ether oxygens (including phenoxy) is 1. The summed E-state index contributed by atoms with van der Waals surface area (Å²) in [4.78, 5) is 37.9. The molecule has 0 saturated carbocycles. The number of rotatable bonds is 8. The van der Waals surface area contributed by atoms with Crippen molar-refractivity contribution >= 4 is 28.8 Å². The molecular formula is C19H25N3O4. The minimum absolute atomic E-state index is 0.215. The second-order valence-corrected chi connectivity index (χ2v) is 6.53. The lowest BCUT2D eigenvalue weighted by atomic mass is 10.1. The lowest BCUT2D eigenvalue weighted by Crippen LogP contribution is -2.42. The molecule has 0 aliphatic carbocycles. The molecule has 7 heteroatoms. The van der Waals surface area contributed by atoms with Gasteiger partial charge in [0.1, 0.15) is 0 Å². The predicted octanol–water partition coefficient (Wildman–Crippen LogP) is 2.52. The first-order valence-corrected chi connectivity index (χ1v) is 8.74. The Labute approximate surface area is 152 Å². The number of benzene rings is 1. The summed E-state index contributed by atoms with van der Waals surface area (Å²) in [5.41, 5.74) is 2.21. The van der Waals surface area contributed by atoms with Crippen LogP contribution in [-0.2, 0) is 20.7 Å². The number of aryl methyl sites for hydroxylation is 1. The van der Waals surface area contributed by atoms with Crippen molar-refractivity contribution in [2.75, 3.05) is 13.2 Å². The van der Waals surface area contributed by atoms with Gasteiger partial charge < -0.3 is 15.0 Å². The van der Waals surface area contributed by atoms with E-state index in [0.29, 0.717) is 13.0 Å². The van der Waals surface area contributed by atoms with Gasteiger partial charge in [-0.15, -0.1) is 0 Å². The van der Waals surface area contributed by atoms with Crippen LogP contribution in [0.1, 0.15) is 32.3 Å². The van der Waals surface area contributed by atoms with Crippen LogP contribution in [0.4, 0.5) is 4.79 Å². The molecule has 0 saturated heterocycles. The molecule has 2 aromatic rings. The second kappa shape index (κ2) is 9.60. The van der Waals surface area contributed by atoms with Crippen molar-refractivity contribution in [2.45, 2.75) is 33.1 Å². The molecular weight excluding hydrogens is 334 g/mol. The second-order valence-electron chi connectivity index (χ2n) is 6.53. The molecule has 7 nitrogen and oxygen atoms in total. The molecule has 0 spiro atoms. The van der Waals surface area contributed by atoms with E-state index in [2.05, 4.69) is 15.6 Å². The fraction of sp³-hybridized carbons (Fsp3) is 0.421. The van der Waals surface area contributed by atoms with E-state index in [9.17, 15) is 14.4 Å². The first-order chi connectivity index (χ1) is 12.5. The molecule has 0 aliphatic heterocycles. The monoisotopic (exact) mass is 359 g/mol. The van der Waals surface area contributed by atoms with Crippen LogP contribution in [-0.4, -0.2) is 36.0 Å². The average Bonchev–Trinajstić information content (AvgIpc) is 3.01. The van der Waals surface area contributed by atoms with Crippen molar-refractivity contribution in [3.8, 4) is 0 Å². The third-order valence-electron chi connectivity index (χ3n) is 3.79. The summed E-state index contributed by atoms with van der Waals surface area (Å²) in [5, 5.41) is 5.82. The third kappa shape index (κ3) is 6.23. The number of H-pyrrole nitrogens is 1. The van der Waals surface area contributed by atoms with Crippen LogP contribution in [0, 0.1) is 5.92 Å². The molecule has 1 aromatic carbocycles. The Morgan fingerprint density at radius 3 is 2.73 bits per heavy atom. The van der Waals surface area contributed by atoms with E-state index in [4.69, 9.17) is 4.74 Å². The molecule has 1 aromatic heterocycles. The minimum atomic E-state index is -0.642. The Hall–Kier alpha value is -2.83. The van der Waals surface area contributed by atoms with Gasteiger partial charge in [0.25, 0.3) is 5.91 Å². The largest absolute Gasteiger partial charge is 0.456 e. The van der Waals surface area contributed by atoms with Crippen molar-refractivity contribution in [3.63, 3.8) is 0 Å². The average molecular weight is 359 g/mol. The molecule has 0 radical (unpaired) electrons. The van der Waals surface area contributed by atoms with Crippen LogP contribution in [0.25, 0.3) is 10.9 Å². The van der Waals surface area contributed by atoms with Crippen LogP contribution < -0.4 is 10.6 Å². The normalized spacial score (nSPS) is 10.7. The zero-order chi connectivity index (χ0) is 18.9. The summed E-state index contributed by atoms with van der Waals surface area (Å²) in [5.74, 6) is -0.815. The lowest BCUT2D eigenvalue weighted by Gasteiger charge is -2.09. The molecule has 26 heavy (non-hydrogen) atoms. The quantitative estimate of drug-likeness (QED) is 0.631. The van der Waals surface area contributed by atoms with E-state index < -0.39 is 24.5 Å². The number of nitrogens with one attached hydrogen (secondary N) is 3. The van der Waals surface area contributed by atoms with Crippen molar-refractivity contribution < 1.29 is 19.1 Å². The van der Waals surface area contributed by atoms with Crippen LogP contribution in [0.15, 0.2) is 30.5 Å². The Morgan fingerprint density at radius 2 is 1.96 bits per heavy atom. The summed E-state index contributed by atoms with van der Waals surface area (Å²) < 4.78 is 4.90. The van der Waals surface area contributed by atoms with E-state index >= 15 is 0 Å². The molecule has 0 bridgehead atoms. The number of carbonyl (C=O) groups excluding carboxylic acids is 3. The maximum absolute atomic E-state index is 11.7. The molecule has 140 valence electrons. The number of aromatic amines is 1. The van der Waals surface area contributed by atoms with Gasteiger partial charge in [-0.05, 0) is 30.4 Å². The Morgan fingerprint density at radius 1 is 1.19 bits per heavy atom. The highest BCUT2D eigenvalue weighted by Gasteiger charge is 2.11.